The van der Waals surface area contributed by atoms with Gasteiger partial charge in [-0.2, -0.15) is 0 Å². The first-order valence-corrected chi connectivity index (χ1v) is 16.8. The van der Waals surface area contributed by atoms with Crippen molar-refractivity contribution in [2.75, 3.05) is 20.1 Å². The number of hydrogen-bond donors (Lipinski definition) is 3. The number of benzene rings is 1. The lowest BCUT2D eigenvalue weighted by Gasteiger charge is -2.32. The molecule has 0 aliphatic heterocycles. The van der Waals surface area contributed by atoms with Crippen LogP contribution in [0.25, 0.3) is 0 Å². The van der Waals surface area contributed by atoms with Gasteiger partial charge in [0.1, 0.15) is 6.10 Å². The van der Waals surface area contributed by atoms with Crippen LogP contribution in [0.5, 0.6) is 0 Å². The normalized spacial score (nSPS) is 15.3. The van der Waals surface area contributed by atoms with Crippen molar-refractivity contribution in [2.24, 2.45) is 11.8 Å². The zero-order valence-corrected chi connectivity index (χ0v) is 27.8. The Balaban J connectivity index is 1.56. The Bertz CT molecular complexity index is 1250. The van der Waals surface area contributed by atoms with Crippen LogP contribution in [-0.4, -0.2) is 85.7 Å². The van der Waals surface area contributed by atoms with Crippen molar-refractivity contribution < 1.29 is 24.6 Å². The first-order valence-electron chi connectivity index (χ1n) is 16.8. The second-order valence-corrected chi connectivity index (χ2v) is 13.0. The third-order valence-electron chi connectivity index (χ3n) is 8.66. The Hall–Kier alpha value is -3.68. The van der Waals surface area contributed by atoms with Crippen LogP contribution >= 0.6 is 0 Å². The molecule has 0 unspecified atom stereocenters. The minimum absolute atomic E-state index is 0.0778. The zero-order valence-electron chi connectivity index (χ0n) is 27.8. The van der Waals surface area contributed by atoms with Crippen LogP contribution in [0.1, 0.15) is 83.6 Å². The number of nitrogens with one attached hydrogen (secondary N) is 1. The summed E-state index contributed by atoms with van der Waals surface area (Å²) in [6.07, 6.45) is 10.4. The fourth-order valence-corrected chi connectivity index (χ4v) is 5.96. The molecule has 46 heavy (non-hydrogen) atoms. The number of rotatable bonds is 17. The zero-order chi connectivity index (χ0) is 33.3. The summed E-state index contributed by atoms with van der Waals surface area (Å²) in [6, 6.07) is 9.05. The molecule has 0 saturated heterocycles. The Kier molecular flexibility index (Phi) is 15.8. The number of hydrogen-bond acceptors (Lipinski definition) is 6. The summed E-state index contributed by atoms with van der Waals surface area (Å²) in [6.45, 7) is 5.80. The number of amides is 3. The number of nitrogens with zero attached hydrogens (tertiary/aromatic N) is 4. The quantitative estimate of drug-likeness (QED) is 0.227. The first-order chi connectivity index (χ1) is 22.1. The predicted octanol–water partition coefficient (Wildman–Crippen LogP) is 3.77. The van der Waals surface area contributed by atoms with Gasteiger partial charge < -0.3 is 29.9 Å². The molecule has 1 aliphatic rings. The second kappa shape index (κ2) is 19.7. The Morgan fingerprint density at radius 1 is 1.04 bits per heavy atom. The molecule has 1 saturated carbocycles. The number of aliphatic hydroxyl groups is 2. The molecule has 252 valence electrons. The number of imidazole rings is 1. The third-order valence-corrected chi connectivity index (χ3v) is 8.66. The monoisotopic (exact) mass is 635 g/mol. The third kappa shape index (κ3) is 13.4. The van der Waals surface area contributed by atoms with Gasteiger partial charge in [-0.25, -0.2) is 4.98 Å². The molecular weight excluding hydrogens is 582 g/mol. The van der Waals surface area contributed by atoms with Crippen molar-refractivity contribution >= 4 is 17.7 Å². The molecule has 2 aromatic rings. The molecule has 1 aliphatic carbocycles. The molecule has 3 N–H and O–H groups in total. The van der Waals surface area contributed by atoms with Crippen molar-refractivity contribution in [2.45, 2.75) is 109 Å². The SMILES string of the molecule is CC(C)C[C@@H](O)[C@H](O)[C@@H](CC1CCCCC1)NC(=O)C#CCCN(Cc1ccccc1)C(=O)CCC(=O)N(C)CCn1ccnc1. The van der Waals surface area contributed by atoms with E-state index < -0.39 is 24.2 Å². The number of carbonyl (C=O) groups is 3. The van der Waals surface area contributed by atoms with E-state index in [2.05, 4.69) is 22.1 Å². The van der Waals surface area contributed by atoms with Gasteiger partial charge in [0.05, 0.1) is 18.5 Å². The highest BCUT2D eigenvalue weighted by molar-refractivity contribution is 5.93. The van der Waals surface area contributed by atoms with E-state index in [4.69, 9.17) is 0 Å². The number of aliphatic hydroxyl groups excluding tert-OH is 2. The van der Waals surface area contributed by atoms with E-state index in [1.54, 1.807) is 29.4 Å². The molecule has 1 aromatic heterocycles. The van der Waals surface area contributed by atoms with Crippen LogP contribution in [0, 0.1) is 23.7 Å². The maximum absolute atomic E-state index is 13.3. The summed E-state index contributed by atoms with van der Waals surface area (Å²) >= 11 is 0. The highest BCUT2D eigenvalue weighted by atomic mass is 16.3. The molecular formula is C36H53N5O5. The summed E-state index contributed by atoms with van der Waals surface area (Å²) in [5.74, 6) is 5.39. The lowest BCUT2D eigenvalue weighted by molar-refractivity contribution is -0.136. The molecule has 0 radical (unpaired) electrons. The van der Waals surface area contributed by atoms with E-state index in [0.717, 1.165) is 31.2 Å². The van der Waals surface area contributed by atoms with E-state index in [-0.39, 0.29) is 37.0 Å². The van der Waals surface area contributed by atoms with Gasteiger partial charge in [-0.3, -0.25) is 14.4 Å². The molecule has 3 atom stereocenters. The molecule has 3 amide bonds. The molecule has 1 aromatic carbocycles. The van der Waals surface area contributed by atoms with Crippen LogP contribution < -0.4 is 5.32 Å². The van der Waals surface area contributed by atoms with Gasteiger partial charge in [-0.05, 0) is 36.2 Å². The smallest absolute Gasteiger partial charge is 0.296 e. The van der Waals surface area contributed by atoms with Gasteiger partial charge in [-0.15, -0.1) is 0 Å². The van der Waals surface area contributed by atoms with Crippen molar-refractivity contribution in [1.82, 2.24) is 24.7 Å². The summed E-state index contributed by atoms with van der Waals surface area (Å²) in [4.78, 5) is 46.2. The van der Waals surface area contributed by atoms with E-state index >= 15 is 0 Å². The van der Waals surface area contributed by atoms with E-state index in [1.165, 1.54) is 6.42 Å². The fraction of sp³-hybridized carbons (Fsp3) is 0.611. The Morgan fingerprint density at radius 3 is 2.43 bits per heavy atom. The molecule has 0 bridgehead atoms. The fourth-order valence-electron chi connectivity index (χ4n) is 5.96. The average Bonchev–Trinajstić information content (AvgIpc) is 3.57. The molecule has 10 nitrogen and oxygen atoms in total. The van der Waals surface area contributed by atoms with Crippen LogP contribution in [0.2, 0.25) is 0 Å². The number of likely N-dealkylation sites (N-methyl/N-ethyl adjacent to an activating group) is 1. The van der Waals surface area contributed by atoms with Crippen LogP contribution in [0.4, 0.5) is 0 Å². The minimum Gasteiger partial charge on any atom is -0.390 e. The van der Waals surface area contributed by atoms with E-state index in [1.807, 2.05) is 54.9 Å². The van der Waals surface area contributed by atoms with Gasteiger partial charge in [0, 0.05) is 64.9 Å². The van der Waals surface area contributed by atoms with Gasteiger partial charge in [-0.1, -0.05) is 82.2 Å². The number of carbonyl (C=O) groups excluding carboxylic acids is 3. The summed E-state index contributed by atoms with van der Waals surface area (Å²) < 4.78 is 1.90. The Morgan fingerprint density at radius 2 is 1.76 bits per heavy atom. The van der Waals surface area contributed by atoms with Crippen LogP contribution in [0.15, 0.2) is 49.1 Å². The van der Waals surface area contributed by atoms with Gasteiger partial charge >= 0.3 is 0 Å². The lowest BCUT2D eigenvalue weighted by atomic mass is 9.82. The van der Waals surface area contributed by atoms with Gasteiger partial charge in [0.2, 0.25) is 11.8 Å². The van der Waals surface area contributed by atoms with Crippen molar-refractivity contribution in [3.05, 3.63) is 54.6 Å². The largest absolute Gasteiger partial charge is 0.390 e. The van der Waals surface area contributed by atoms with Crippen LogP contribution in [-0.2, 0) is 27.5 Å². The first kappa shape index (κ1) is 36.8. The van der Waals surface area contributed by atoms with E-state index in [0.29, 0.717) is 44.9 Å². The highest BCUT2D eigenvalue weighted by Crippen LogP contribution is 2.29. The number of aromatic nitrogens is 2. The molecule has 0 spiro atoms. The van der Waals surface area contributed by atoms with Crippen molar-refractivity contribution in [3.63, 3.8) is 0 Å². The maximum Gasteiger partial charge on any atom is 0.296 e. The predicted molar refractivity (Wildman–Crippen MR) is 178 cm³/mol. The summed E-state index contributed by atoms with van der Waals surface area (Å²) in [7, 11) is 1.73. The van der Waals surface area contributed by atoms with Crippen LogP contribution in [0.3, 0.4) is 0 Å². The van der Waals surface area contributed by atoms with Gasteiger partial charge in [0.15, 0.2) is 0 Å². The molecule has 10 heteroatoms. The average molecular weight is 636 g/mol. The molecule has 1 fully saturated rings. The van der Waals surface area contributed by atoms with E-state index in [9.17, 15) is 24.6 Å². The maximum atomic E-state index is 13.3. The summed E-state index contributed by atoms with van der Waals surface area (Å²) in [5, 5.41) is 24.5. The second-order valence-electron chi connectivity index (χ2n) is 13.0. The van der Waals surface area contributed by atoms with Crippen molar-refractivity contribution in [3.8, 4) is 11.8 Å². The lowest BCUT2D eigenvalue weighted by Crippen LogP contribution is -2.49. The topological polar surface area (TPSA) is 128 Å². The molecule has 3 rings (SSSR count). The minimum atomic E-state index is -1.07. The Labute approximate surface area is 274 Å². The molecule has 1 heterocycles. The summed E-state index contributed by atoms with van der Waals surface area (Å²) in [5.41, 5.74) is 0.963. The van der Waals surface area contributed by atoms with Crippen molar-refractivity contribution in [1.29, 1.82) is 0 Å². The highest BCUT2D eigenvalue weighted by Gasteiger charge is 2.30. The van der Waals surface area contributed by atoms with Gasteiger partial charge in [0.25, 0.3) is 5.91 Å². The standard InChI is InChI=1S/C36H53N5O5/c1-28(2)24-32(42)36(46)31(25-29-12-6-4-7-13-29)38-33(43)16-10-11-20-41(26-30-14-8-5-9-15-30)35(45)18-17-34(44)39(3)22-23-40-21-19-37-27-40/h5,8-9,14-15,19,21,27-29,31-32,36,42,46H,4,6-7,11-13,17-18,20,22-26H2,1-3H3,(H,38,43)/t31-,32-,36-/m1/s1.